The highest BCUT2D eigenvalue weighted by Crippen LogP contribution is 2.37. The van der Waals surface area contributed by atoms with Crippen LogP contribution in [0.5, 0.6) is 11.5 Å². The Kier molecular flexibility index (Phi) is 9.70. The van der Waals surface area contributed by atoms with E-state index >= 15 is 0 Å². The Morgan fingerprint density at radius 2 is 1.89 bits per heavy atom. The van der Waals surface area contributed by atoms with Crippen molar-refractivity contribution in [1.29, 1.82) is 0 Å². The smallest absolute Gasteiger partial charge is 0.407 e. The number of hydrogen-bond acceptors (Lipinski definition) is 9. The monoisotopic (exact) mass is 610 g/mol. The number of fused-ring (bicyclic) bond motifs is 3. The molecule has 44 heavy (non-hydrogen) atoms. The molecule has 2 N–H and O–H groups in total. The quantitative estimate of drug-likeness (QED) is 0.467. The van der Waals surface area contributed by atoms with E-state index in [2.05, 4.69) is 30.5 Å². The lowest BCUT2D eigenvalue weighted by Gasteiger charge is -2.34. The molecule has 1 aromatic heterocycles. The van der Waals surface area contributed by atoms with Crippen LogP contribution in [-0.2, 0) is 25.5 Å². The Morgan fingerprint density at radius 1 is 1.11 bits per heavy atom. The Hall–Kier alpha value is -3.76. The number of benzene rings is 1. The van der Waals surface area contributed by atoms with E-state index < -0.39 is 30.3 Å². The predicted molar refractivity (Wildman–Crippen MR) is 166 cm³/mol. The van der Waals surface area contributed by atoms with E-state index in [9.17, 15) is 14.4 Å². The summed E-state index contributed by atoms with van der Waals surface area (Å²) in [5, 5.41) is 6.84. The lowest BCUT2D eigenvalue weighted by atomic mass is 9.83. The van der Waals surface area contributed by atoms with E-state index in [0.29, 0.717) is 17.1 Å². The van der Waals surface area contributed by atoms with Crippen LogP contribution in [0, 0.1) is 11.3 Å². The highest BCUT2D eigenvalue weighted by atomic mass is 16.5. The van der Waals surface area contributed by atoms with Crippen molar-refractivity contribution in [1.82, 2.24) is 15.2 Å². The van der Waals surface area contributed by atoms with Crippen LogP contribution in [0.25, 0.3) is 10.9 Å². The number of carbonyl (C=O) groups is 3. The van der Waals surface area contributed by atoms with Crippen molar-refractivity contribution in [2.24, 2.45) is 11.3 Å². The number of pyridine rings is 1. The minimum Gasteiger partial charge on any atom is -0.496 e. The van der Waals surface area contributed by atoms with Gasteiger partial charge in [-0.3, -0.25) is 4.79 Å². The van der Waals surface area contributed by atoms with E-state index in [1.807, 2.05) is 12.1 Å². The molecule has 2 amide bonds. The highest BCUT2D eigenvalue weighted by molar-refractivity contribution is 5.91. The predicted octanol–water partition coefficient (Wildman–Crippen LogP) is 4.84. The summed E-state index contributed by atoms with van der Waals surface area (Å²) in [7, 11) is 4.76. The molecule has 0 unspecified atom stereocenters. The number of amides is 2. The number of esters is 1. The zero-order chi connectivity index (χ0) is 31.4. The van der Waals surface area contributed by atoms with Crippen molar-refractivity contribution in [3.8, 4) is 11.5 Å². The summed E-state index contributed by atoms with van der Waals surface area (Å²) in [5.41, 5.74) is 1.45. The number of cyclic esters (lactones) is 1. The van der Waals surface area contributed by atoms with Crippen molar-refractivity contribution >= 4 is 34.7 Å². The van der Waals surface area contributed by atoms with Gasteiger partial charge in [-0.1, -0.05) is 33.1 Å². The highest BCUT2D eigenvalue weighted by Gasteiger charge is 2.45. The molecule has 1 aromatic carbocycles. The van der Waals surface area contributed by atoms with Gasteiger partial charge in [0, 0.05) is 31.0 Å². The fourth-order valence-corrected chi connectivity index (χ4v) is 6.83. The van der Waals surface area contributed by atoms with E-state index in [-0.39, 0.29) is 36.8 Å². The summed E-state index contributed by atoms with van der Waals surface area (Å²) in [6.07, 6.45) is 6.28. The minimum absolute atomic E-state index is 0.0450. The number of methoxy groups -OCH3 is 2. The number of aromatic nitrogens is 1. The second kappa shape index (κ2) is 13.5. The maximum Gasteiger partial charge on any atom is 0.407 e. The van der Waals surface area contributed by atoms with Gasteiger partial charge in [0.1, 0.15) is 35.5 Å². The molecule has 0 spiro atoms. The number of aryl methyl sites for hydroxylation is 1. The first kappa shape index (κ1) is 31.7. The Bertz CT molecular complexity index is 1370. The van der Waals surface area contributed by atoms with Crippen molar-refractivity contribution in [3.05, 3.63) is 23.8 Å². The van der Waals surface area contributed by atoms with Gasteiger partial charge in [-0.05, 0) is 55.1 Å². The summed E-state index contributed by atoms with van der Waals surface area (Å²) in [5.74, 6) is 1.11. The summed E-state index contributed by atoms with van der Waals surface area (Å²) >= 11 is 0. The van der Waals surface area contributed by atoms with Crippen LogP contribution in [0.2, 0.25) is 0 Å². The summed E-state index contributed by atoms with van der Waals surface area (Å²) < 4.78 is 23.2. The Balaban J connectivity index is 1.56. The molecule has 2 fully saturated rings. The number of nitrogens with one attached hydrogen (secondary N) is 2. The van der Waals surface area contributed by atoms with Gasteiger partial charge in [0.15, 0.2) is 0 Å². The molecule has 4 bridgehead atoms. The molecule has 2 aromatic rings. The molecule has 3 atom stereocenters. The number of carbonyl (C=O) groups excluding carboxylic acids is 3. The summed E-state index contributed by atoms with van der Waals surface area (Å²) in [6, 6.07) is 4.19. The standard InChI is InChI=1S/C33H46N4O7/c1-33(2)13-9-12-21-14-23-24(16-26(21)41-4)35-28(34-3)17-27(23)44-22-15-25(31(39)42-5)37(18-22)30(38)29(36-32(40)43-19-33)20-10-7-6-8-11-20/h14,16-17,20,22,25,29H,6-13,15,18-19H2,1-5H3,(H,34,35)(H,36,40)/t22-,25+,29+/m1/s1. The van der Waals surface area contributed by atoms with Gasteiger partial charge >= 0.3 is 12.1 Å². The molecular weight excluding hydrogens is 564 g/mol. The van der Waals surface area contributed by atoms with Crippen LogP contribution < -0.4 is 20.1 Å². The van der Waals surface area contributed by atoms with Crippen LogP contribution in [0.4, 0.5) is 10.6 Å². The summed E-state index contributed by atoms with van der Waals surface area (Å²) in [4.78, 5) is 46.7. The molecule has 11 heteroatoms. The lowest BCUT2D eigenvalue weighted by molar-refractivity contribution is -0.152. The fourth-order valence-electron chi connectivity index (χ4n) is 6.83. The Labute approximate surface area is 259 Å². The van der Waals surface area contributed by atoms with Crippen molar-refractivity contribution < 1.29 is 33.3 Å². The van der Waals surface area contributed by atoms with Crippen molar-refractivity contribution in [2.45, 2.75) is 89.8 Å². The first-order chi connectivity index (χ1) is 21.1. The van der Waals surface area contributed by atoms with E-state index in [0.717, 1.165) is 68.1 Å². The van der Waals surface area contributed by atoms with Gasteiger partial charge in [-0.2, -0.15) is 0 Å². The molecule has 1 saturated carbocycles. The van der Waals surface area contributed by atoms with Gasteiger partial charge < -0.3 is 34.5 Å². The average molecular weight is 611 g/mol. The molecule has 3 heterocycles. The maximum atomic E-state index is 14.3. The lowest BCUT2D eigenvalue weighted by Crippen LogP contribution is -2.55. The number of anilines is 1. The minimum atomic E-state index is -0.838. The van der Waals surface area contributed by atoms with Crippen LogP contribution in [0.15, 0.2) is 18.2 Å². The molecule has 0 radical (unpaired) electrons. The fraction of sp³-hybridized carbons (Fsp3) is 0.636. The van der Waals surface area contributed by atoms with E-state index in [1.54, 1.807) is 14.2 Å². The number of alkyl carbamates (subject to hydrolysis) is 1. The van der Waals surface area contributed by atoms with Gasteiger partial charge in [0.2, 0.25) is 5.91 Å². The maximum absolute atomic E-state index is 14.3. The number of hydrogen-bond donors (Lipinski definition) is 2. The normalized spacial score (nSPS) is 24.9. The zero-order valence-corrected chi connectivity index (χ0v) is 26.6. The third kappa shape index (κ3) is 6.97. The third-order valence-electron chi connectivity index (χ3n) is 9.30. The van der Waals surface area contributed by atoms with Crippen LogP contribution in [0.1, 0.15) is 70.8 Å². The zero-order valence-electron chi connectivity index (χ0n) is 26.6. The van der Waals surface area contributed by atoms with E-state index in [4.69, 9.17) is 23.9 Å². The number of ether oxygens (including phenoxy) is 4. The van der Waals surface area contributed by atoms with Gasteiger partial charge in [-0.15, -0.1) is 0 Å². The van der Waals surface area contributed by atoms with Gasteiger partial charge in [0.05, 0.1) is 32.9 Å². The molecule has 3 aliphatic rings. The molecule has 1 aliphatic carbocycles. The van der Waals surface area contributed by atoms with Crippen LogP contribution >= 0.6 is 0 Å². The molecule has 5 rings (SSSR count). The number of rotatable bonds is 4. The van der Waals surface area contributed by atoms with Crippen LogP contribution in [0.3, 0.4) is 0 Å². The van der Waals surface area contributed by atoms with Crippen LogP contribution in [-0.4, -0.2) is 80.5 Å². The second-order valence-electron chi connectivity index (χ2n) is 13.1. The molecule has 2 aliphatic heterocycles. The molecule has 1 saturated heterocycles. The first-order valence-corrected chi connectivity index (χ1v) is 15.8. The topological polar surface area (TPSA) is 128 Å². The average Bonchev–Trinajstić information content (AvgIpc) is 3.45. The largest absolute Gasteiger partial charge is 0.496 e. The van der Waals surface area contributed by atoms with Crippen molar-refractivity contribution in [3.63, 3.8) is 0 Å². The van der Waals surface area contributed by atoms with Gasteiger partial charge in [-0.25, -0.2) is 14.6 Å². The van der Waals surface area contributed by atoms with E-state index in [1.165, 1.54) is 12.0 Å². The number of nitrogens with zero attached hydrogens (tertiary/aromatic N) is 2. The SMILES string of the molecule is CNc1cc2c3cc(c(OC)cc3n1)CCCC(C)(C)COC(=O)N[C@@H](C1CCCCC1)C(=O)N1C[C@@H](C[C@H]1C(=O)OC)O2. The second-order valence-corrected chi connectivity index (χ2v) is 13.1. The molecular formula is C33H46N4O7. The summed E-state index contributed by atoms with van der Waals surface area (Å²) in [6.45, 7) is 4.53. The molecule has 11 nitrogen and oxygen atoms in total. The Morgan fingerprint density at radius 3 is 2.59 bits per heavy atom. The van der Waals surface area contributed by atoms with Crippen molar-refractivity contribution in [2.75, 3.05) is 39.7 Å². The first-order valence-electron chi connectivity index (χ1n) is 15.8. The third-order valence-corrected chi connectivity index (χ3v) is 9.30. The molecule has 240 valence electrons. The van der Waals surface area contributed by atoms with Gasteiger partial charge in [0.25, 0.3) is 0 Å².